The van der Waals surface area contributed by atoms with Crippen LogP contribution in [-0.2, 0) is 6.61 Å². The van der Waals surface area contributed by atoms with E-state index < -0.39 is 0 Å². The van der Waals surface area contributed by atoms with Crippen molar-refractivity contribution in [1.29, 1.82) is 0 Å². The van der Waals surface area contributed by atoms with E-state index in [0.717, 1.165) is 11.1 Å². The van der Waals surface area contributed by atoms with Crippen LogP contribution in [-0.4, -0.2) is 17.6 Å². The van der Waals surface area contributed by atoms with E-state index in [-0.39, 0.29) is 18.3 Å². The van der Waals surface area contributed by atoms with E-state index in [2.05, 4.69) is 5.32 Å². The van der Waals surface area contributed by atoms with E-state index in [1.807, 2.05) is 37.3 Å². The normalized spacial score (nSPS) is 10.5. The van der Waals surface area contributed by atoms with Gasteiger partial charge >= 0.3 is 0 Å². The van der Waals surface area contributed by atoms with Gasteiger partial charge in [0.1, 0.15) is 5.75 Å². The SMILES string of the molecule is CCOc1ccc(NC(=O)c2occc2-c2ccccc2)cc1CO. The van der Waals surface area contributed by atoms with Crippen LogP contribution in [0, 0.1) is 0 Å². The van der Waals surface area contributed by atoms with Gasteiger partial charge in [0.25, 0.3) is 5.91 Å². The molecule has 0 atom stereocenters. The summed E-state index contributed by atoms with van der Waals surface area (Å²) in [5.74, 6) is 0.494. The molecule has 5 heteroatoms. The summed E-state index contributed by atoms with van der Waals surface area (Å²) in [7, 11) is 0. The Bertz CT molecular complexity index is 855. The molecule has 0 spiro atoms. The number of furan rings is 1. The van der Waals surface area contributed by atoms with Crippen LogP contribution in [0.15, 0.2) is 65.3 Å². The summed E-state index contributed by atoms with van der Waals surface area (Å²) >= 11 is 0. The van der Waals surface area contributed by atoms with E-state index in [4.69, 9.17) is 9.15 Å². The molecule has 0 saturated carbocycles. The number of benzene rings is 2. The molecule has 1 amide bonds. The minimum Gasteiger partial charge on any atom is -0.494 e. The lowest BCUT2D eigenvalue weighted by Crippen LogP contribution is -2.12. The number of hydrogen-bond acceptors (Lipinski definition) is 4. The molecule has 0 bridgehead atoms. The minimum atomic E-state index is -0.350. The Morgan fingerprint density at radius 3 is 2.68 bits per heavy atom. The third-order valence-electron chi connectivity index (χ3n) is 3.74. The summed E-state index contributed by atoms with van der Waals surface area (Å²) in [6.07, 6.45) is 1.49. The molecule has 0 aliphatic rings. The van der Waals surface area contributed by atoms with E-state index >= 15 is 0 Å². The maximum Gasteiger partial charge on any atom is 0.292 e. The van der Waals surface area contributed by atoms with Crippen LogP contribution >= 0.6 is 0 Å². The second-order valence-corrected chi connectivity index (χ2v) is 5.40. The lowest BCUT2D eigenvalue weighted by Gasteiger charge is -2.11. The van der Waals surface area contributed by atoms with Crippen LogP contribution in [0.3, 0.4) is 0 Å². The highest BCUT2D eigenvalue weighted by atomic mass is 16.5. The van der Waals surface area contributed by atoms with E-state index in [1.165, 1.54) is 6.26 Å². The summed E-state index contributed by atoms with van der Waals surface area (Å²) < 4.78 is 10.8. The number of anilines is 1. The second kappa shape index (κ2) is 7.68. The van der Waals surface area contributed by atoms with Crippen molar-refractivity contribution in [3.8, 4) is 16.9 Å². The van der Waals surface area contributed by atoms with E-state index in [9.17, 15) is 9.90 Å². The summed E-state index contributed by atoms with van der Waals surface area (Å²) in [6, 6.07) is 16.5. The predicted octanol–water partition coefficient (Wildman–Crippen LogP) is 4.09. The minimum absolute atomic E-state index is 0.172. The highest BCUT2D eigenvalue weighted by Gasteiger charge is 2.17. The molecule has 3 rings (SSSR count). The average Bonchev–Trinajstić information content (AvgIpc) is 3.14. The van der Waals surface area contributed by atoms with Gasteiger partial charge in [-0.1, -0.05) is 30.3 Å². The third-order valence-corrected chi connectivity index (χ3v) is 3.74. The highest BCUT2D eigenvalue weighted by Crippen LogP contribution is 2.27. The molecule has 1 aromatic heterocycles. The fraction of sp³-hybridized carbons (Fsp3) is 0.150. The first-order valence-corrected chi connectivity index (χ1v) is 8.03. The van der Waals surface area contributed by atoms with Crippen LogP contribution in [0.5, 0.6) is 5.75 Å². The molecule has 25 heavy (non-hydrogen) atoms. The van der Waals surface area contributed by atoms with Gasteiger partial charge in [0.05, 0.1) is 19.5 Å². The number of rotatable bonds is 6. The number of nitrogens with one attached hydrogen (secondary N) is 1. The van der Waals surface area contributed by atoms with Crippen molar-refractivity contribution in [2.45, 2.75) is 13.5 Å². The number of aliphatic hydroxyl groups is 1. The maximum atomic E-state index is 12.6. The lowest BCUT2D eigenvalue weighted by atomic mass is 10.1. The fourth-order valence-electron chi connectivity index (χ4n) is 2.60. The Balaban J connectivity index is 1.83. The maximum absolute atomic E-state index is 12.6. The van der Waals surface area contributed by atoms with E-state index in [0.29, 0.717) is 23.6 Å². The van der Waals surface area contributed by atoms with Crippen molar-refractivity contribution < 1.29 is 19.1 Å². The fourth-order valence-corrected chi connectivity index (χ4v) is 2.60. The number of amides is 1. The van der Waals surface area contributed by atoms with Crippen molar-refractivity contribution in [2.75, 3.05) is 11.9 Å². The predicted molar refractivity (Wildman–Crippen MR) is 95.6 cm³/mol. The Hall–Kier alpha value is -3.05. The number of ether oxygens (including phenoxy) is 1. The number of carbonyl (C=O) groups is 1. The zero-order valence-corrected chi connectivity index (χ0v) is 13.9. The largest absolute Gasteiger partial charge is 0.494 e. The quantitative estimate of drug-likeness (QED) is 0.711. The molecule has 0 unspecified atom stereocenters. The molecule has 0 fully saturated rings. The molecular formula is C20H19NO4. The first kappa shape index (κ1) is 16.8. The third kappa shape index (κ3) is 3.72. The Labute approximate surface area is 145 Å². The van der Waals surface area contributed by atoms with Crippen LogP contribution in [0.25, 0.3) is 11.1 Å². The smallest absolute Gasteiger partial charge is 0.292 e. The van der Waals surface area contributed by atoms with Gasteiger partial charge in [-0.25, -0.2) is 0 Å². The van der Waals surface area contributed by atoms with Crippen LogP contribution in [0.1, 0.15) is 23.0 Å². The standard InChI is InChI=1S/C20H19NO4/c1-2-24-18-9-8-16(12-15(18)13-22)21-20(23)19-17(10-11-25-19)14-6-4-3-5-7-14/h3-12,22H,2,13H2,1H3,(H,21,23). The van der Waals surface area contributed by atoms with Gasteiger partial charge in [-0.05, 0) is 36.8 Å². The summed E-state index contributed by atoms with van der Waals surface area (Å²) in [5.41, 5.74) is 2.81. The first-order chi connectivity index (χ1) is 12.2. The van der Waals surface area contributed by atoms with Gasteiger partial charge in [0, 0.05) is 16.8 Å². The number of aliphatic hydroxyl groups excluding tert-OH is 1. The summed E-state index contributed by atoms with van der Waals surface area (Å²) in [4.78, 5) is 12.6. The van der Waals surface area contributed by atoms with Crippen LogP contribution in [0.2, 0.25) is 0 Å². The van der Waals surface area contributed by atoms with Crippen molar-refractivity contribution in [2.24, 2.45) is 0 Å². The molecule has 1 heterocycles. The molecule has 128 valence electrons. The van der Waals surface area contributed by atoms with Crippen LogP contribution in [0.4, 0.5) is 5.69 Å². The number of hydrogen-bond donors (Lipinski definition) is 2. The molecule has 0 radical (unpaired) electrons. The van der Waals surface area contributed by atoms with Gasteiger partial charge in [-0.3, -0.25) is 4.79 Å². The molecule has 0 saturated heterocycles. The van der Waals surface area contributed by atoms with Crippen molar-refractivity contribution in [3.05, 3.63) is 72.2 Å². The number of carbonyl (C=O) groups excluding carboxylic acids is 1. The Morgan fingerprint density at radius 2 is 1.96 bits per heavy atom. The molecule has 2 aromatic carbocycles. The van der Waals surface area contributed by atoms with Gasteiger partial charge in [-0.15, -0.1) is 0 Å². The monoisotopic (exact) mass is 337 g/mol. The summed E-state index contributed by atoms with van der Waals surface area (Å²) in [5, 5.41) is 12.3. The van der Waals surface area contributed by atoms with Gasteiger partial charge in [-0.2, -0.15) is 0 Å². The van der Waals surface area contributed by atoms with Crippen molar-refractivity contribution in [3.63, 3.8) is 0 Å². The topological polar surface area (TPSA) is 71.7 Å². The van der Waals surface area contributed by atoms with Gasteiger partial charge < -0.3 is 19.6 Å². The molecule has 0 aliphatic carbocycles. The molecular weight excluding hydrogens is 318 g/mol. The van der Waals surface area contributed by atoms with Crippen molar-refractivity contribution >= 4 is 11.6 Å². The first-order valence-electron chi connectivity index (χ1n) is 8.03. The Kier molecular flexibility index (Phi) is 5.16. The Morgan fingerprint density at radius 1 is 1.16 bits per heavy atom. The highest BCUT2D eigenvalue weighted by molar-refractivity contribution is 6.06. The molecule has 2 N–H and O–H groups in total. The zero-order chi connectivity index (χ0) is 17.6. The van der Waals surface area contributed by atoms with E-state index in [1.54, 1.807) is 24.3 Å². The van der Waals surface area contributed by atoms with Crippen LogP contribution < -0.4 is 10.1 Å². The molecule has 3 aromatic rings. The average molecular weight is 337 g/mol. The summed E-state index contributed by atoms with van der Waals surface area (Å²) in [6.45, 7) is 2.21. The van der Waals surface area contributed by atoms with Crippen molar-refractivity contribution in [1.82, 2.24) is 0 Å². The lowest BCUT2D eigenvalue weighted by molar-refractivity contribution is 0.0997. The molecule has 5 nitrogen and oxygen atoms in total. The second-order valence-electron chi connectivity index (χ2n) is 5.40. The zero-order valence-electron chi connectivity index (χ0n) is 13.9. The van der Waals surface area contributed by atoms with Gasteiger partial charge in [0.15, 0.2) is 5.76 Å². The van der Waals surface area contributed by atoms with Gasteiger partial charge in [0.2, 0.25) is 0 Å². The molecule has 0 aliphatic heterocycles.